The second kappa shape index (κ2) is 7.11. The normalized spacial score (nSPS) is 19.1. The molecular formula is C16H22N2O3. The van der Waals surface area contributed by atoms with Crippen LogP contribution in [0, 0.1) is 0 Å². The first-order valence-corrected chi connectivity index (χ1v) is 7.35. The summed E-state index contributed by atoms with van der Waals surface area (Å²) >= 11 is 0. The van der Waals surface area contributed by atoms with Gasteiger partial charge in [-0.25, -0.2) is 0 Å². The summed E-state index contributed by atoms with van der Waals surface area (Å²) < 4.78 is 5.33. The largest absolute Gasteiger partial charge is 0.496 e. The van der Waals surface area contributed by atoms with Crippen LogP contribution in [0.15, 0.2) is 24.3 Å². The van der Waals surface area contributed by atoms with Crippen LogP contribution in [0.25, 0.3) is 0 Å². The van der Waals surface area contributed by atoms with Gasteiger partial charge < -0.3 is 15.0 Å². The Hall–Kier alpha value is -2.04. The maximum absolute atomic E-state index is 12.4. The van der Waals surface area contributed by atoms with Crippen LogP contribution in [0.5, 0.6) is 5.75 Å². The summed E-state index contributed by atoms with van der Waals surface area (Å²) in [5, 5.41) is 2.77. The third kappa shape index (κ3) is 3.74. The number of hydrogen-bond acceptors (Lipinski definition) is 3. The monoisotopic (exact) mass is 290 g/mol. The van der Waals surface area contributed by atoms with Gasteiger partial charge in [-0.1, -0.05) is 25.1 Å². The van der Waals surface area contributed by atoms with Gasteiger partial charge in [0.2, 0.25) is 11.8 Å². The molecule has 1 atom stereocenters. The predicted octanol–water partition coefficient (Wildman–Crippen LogP) is 1.36. The summed E-state index contributed by atoms with van der Waals surface area (Å²) in [6.45, 7) is 2.99. The Morgan fingerprint density at radius 1 is 1.33 bits per heavy atom. The predicted molar refractivity (Wildman–Crippen MR) is 80.1 cm³/mol. The molecule has 2 rings (SSSR count). The summed E-state index contributed by atoms with van der Waals surface area (Å²) in [5.74, 6) is 0.800. The van der Waals surface area contributed by atoms with Crippen LogP contribution in [0.2, 0.25) is 0 Å². The third-order valence-electron chi connectivity index (χ3n) is 3.81. The van der Waals surface area contributed by atoms with Gasteiger partial charge >= 0.3 is 0 Å². The molecule has 5 heteroatoms. The van der Waals surface area contributed by atoms with Crippen LogP contribution in [-0.4, -0.2) is 43.0 Å². The molecule has 0 radical (unpaired) electrons. The number of nitrogens with one attached hydrogen (secondary N) is 1. The maximum Gasteiger partial charge on any atom is 0.245 e. The SMILES string of the molecule is CCC1NC(=O)CCN(CCc2ccccc2OC)C1=O. The van der Waals surface area contributed by atoms with Crippen molar-refractivity contribution >= 4 is 11.8 Å². The summed E-state index contributed by atoms with van der Waals surface area (Å²) in [7, 11) is 1.64. The lowest BCUT2D eigenvalue weighted by atomic mass is 10.1. The molecule has 2 amide bonds. The molecule has 21 heavy (non-hydrogen) atoms. The van der Waals surface area contributed by atoms with Gasteiger partial charge in [-0.05, 0) is 24.5 Å². The molecule has 1 N–H and O–H groups in total. The van der Waals surface area contributed by atoms with Crippen molar-refractivity contribution < 1.29 is 14.3 Å². The van der Waals surface area contributed by atoms with Crippen molar-refractivity contribution in [2.24, 2.45) is 0 Å². The molecule has 1 saturated heterocycles. The summed E-state index contributed by atoms with van der Waals surface area (Å²) in [6, 6.07) is 7.41. The van der Waals surface area contributed by atoms with Crippen molar-refractivity contribution in [2.45, 2.75) is 32.2 Å². The van der Waals surface area contributed by atoms with Crippen LogP contribution in [-0.2, 0) is 16.0 Å². The Kier molecular flexibility index (Phi) is 5.20. The van der Waals surface area contributed by atoms with E-state index in [0.717, 1.165) is 17.7 Å². The molecular weight excluding hydrogens is 268 g/mol. The summed E-state index contributed by atoms with van der Waals surface area (Å²) in [6.07, 6.45) is 1.71. The van der Waals surface area contributed by atoms with Crippen LogP contribution < -0.4 is 10.1 Å². The number of hydrogen-bond donors (Lipinski definition) is 1. The van der Waals surface area contributed by atoms with Gasteiger partial charge in [0.25, 0.3) is 0 Å². The number of rotatable bonds is 5. The molecule has 1 aromatic rings. The standard InChI is InChI=1S/C16H22N2O3/c1-3-13-16(20)18(11-9-15(19)17-13)10-8-12-6-4-5-7-14(12)21-2/h4-7,13H,3,8-11H2,1-2H3,(H,17,19). The Morgan fingerprint density at radius 3 is 2.81 bits per heavy atom. The minimum Gasteiger partial charge on any atom is -0.496 e. The molecule has 0 saturated carbocycles. The second-order valence-corrected chi connectivity index (χ2v) is 5.17. The van der Waals surface area contributed by atoms with E-state index in [1.165, 1.54) is 0 Å². The molecule has 0 aliphatic carbocycles. The minimum absolute atomic E-state index is 0.0123. The van der Waals surface area contributed by atoms with Crippen molar-refractivity contribution in [3.05, 3.63) is 29.8 Å². The number of amides is 2. The number of nitrogens with zero attached hydrogens (tertiary/aromatic N) is 1. The highest BCUT2D eigenvalue weighted by molar-refractivity contribution is 5.89. The molecule has 1 unspecified atom stereocenters. The minimum atomic E-state index is -0.391. The number of carbonyl (C=O) groups excluding carboxylic acids is 2. The molecule has 1 aliphatic heterocycles. The van der Waals surface area contributed by atoms with E-state index >= 15 is 0 Å². The highest BCUT2D eigenvalue weighted by Crippen LogP contribution is 2.18. The zero-order valence-corrected chi connectivity index (χ0v) is 12.6. The van der Waals surface area contributed by atoms with Gasteiger partial charge in [0, 0.05) is 19.5 Å². The van der Waals surface area contributed by atoms with Crippen molar-refractivity contribution in [3.8, 4) is 5.75 Å². The van der Waals surface area contributed by atoms with Crippen molar-refractivity contribution in [2.75, 3.05) is 20.2 Å². The smallest absolute Gasteiger partial charge is 0.245 e. The van der Waals surface area contributed by atoms with E-state index < -0.39 is 6.04 Å². The molecule has 1 heterocycles. The van der Waals surface area contributed by atoms with Gasteiger partial charge in [-0.3, -0.25) is 9.59 Å². The molecule has 0 spiro atoms. The fraction of sp³-hybridized carbons (Fsp3) is 0.500. The van der Waals surface area contributed by atoms with Crippen LogP contribution >= 0.6 is 0 Å². The third-order valence-corrected chi connectivity index (χ3v) is 3.81. The lowest BCUT2D eigenvalue weighted by molar-refractivity contribution is -0.133. The van der Waals surface area contributed by atoms with E-state index in [0.29, 0.717) is 25.9 Å². The zero-order valence-electron chi connectivity index (χ0n) is 12.6. The van der Waals surface area contributed by atoms with Crippen molar-refractivity contribution in [1.82, 2.24) is 10.2 Å². The highest BCUT2D eigenvalue weighted by Gasteiger charge is 2.28. The van der Waals surface area contributed by atoms with E-state index in [4.69, 9.17) is 4.74 Å². The molecule has 5 nitrogen and oxygen atoms in total. The van der Waals surface area contributed by atoms with Crippen LogP contribution in [0.4, 0.5) is 0 Å². The van der Waals surface area contributed by atoms with Gasteiger partial charge in [-0.15, -0.1) is 0 Å². The molecule has 114 valence electrons. The number of methoxy groups -OCH3 is 1. The van der Waals surface area contributed by atoms with E-state index in [9.17, 15) is 9.59 Å². The van der Waals surface area contributed by atoms with Gasteiger partial charge in [0.05, 0.1) is 7.11 Å². The Labute approximate surface area is 125 Å². The summed E-state index contributed by atoms with van der Waals surface area (Å²) in [4.78, 5) is 25.8. The van der Waals surface area contributed by atoms with Crippen LogP contribution in [0.3, 0.4) is 0 Å². The van der Waals surface area contributed by atoms with Crippen LogP contribution in [0.1, 0.15) is 25.3 Å². The number of benzene rings is 1. The van der Waals surface area contributed by atoms with Gasteiger partial charge in [0.15, 0.2) is 0 Å². The zero-order chi connectivity index (χ0) is 15.2. The molecule has 1 fully saturated rings. The fourth-order valence-corrected chi connectivity index (χ4v) is 2.56. The lowest BCUT2D eigenvalue weighted by Crippen LogP contribution is -2.44. The van der Waals surface area contributed by atoms with Crippen molar-refractivity contribution in [3.63, 3.8) is 0 Å². The molecule has 1 aromatic carbocycles. The van der Waals surface area contributed by atoms with Gasteiger partial charge in [-0.2, -0.15) is 0 Å². The van der Waals surface area contributed by atoms with E-state index in [1.54, 1.807) is 12.0 Å². The second-order valence-electron chi connectivity index (χ2n) is 5.17. The number of para-hydroxylation sites is 1. The first-order valence-electron chi connectivity index (χ1n) is 7.35. The van der Waals surface area contributed by atoms with Gasteiger partial charge in [0.1, 0.15) is 11.8 Å². The Bertz CT molecular complexity index is 516. The number of ether oxygens (including phenoxy) is 1. The average molecular weight is 290 g/mol. The number of carbonyl (C=O) groups is 2. The highest BCUT2D eigenvalue weighted by atomic mass is 16.5. The van der Waals surface area contributed by atoms with E-state index in [1.807, 2.05) is 31.2 Å². The Morgan fingerprint density at radius 2 is 2.10 bits per heavy atom. The Balaban J connectivity index is 2.04. The van der Waals surface area contributed by atoms with E-state index in [2.05, 4.69) is 5.32 Å². The maximum atomic E-state index is 12.4. The lowest BCUT2D eigenvalue weighted by Gasteiger charge is -2.23. The molecule has 0 aromatic heterocycles. The topological polar surface area (TPSA) is 58.6 Å². The molecule has 0 bridgehead atoms. The quantitative estimate of drug-likeness (QED) is 0.891. The van der Waals surface area contributed by atoms with Crippen molar-refractivity contribution in [1.29, 1.82) is 0 Å². The molecule has 1 aliphatic rings. The first kappa shape index (κ1) is 15.4. The summed E-state index contributed by atoms with van der Waals surface area (Å²) in [5.41, 5.74) is 1.07. The fourth-order valence-electron chi connectivity index (χ4n) is 2.56. The average Bonchev–Trinajstić information content (AvgIpc) is 2.65. The van der Waals surface area contributed by atoms with E-state index in [-0.39, 0.29) is 11.8 Å². The first-order chi connectivity index (χ1) is 10.2.